The first-order valence-corrected chi connectivity index (χ1v) is 6.60. The first kappa shape index (κ1) is 14.6. The summed E-state index contributed by atoms with van der Waals surface area (Å²) in [6, 6.07) is 17.2. The predicted molar refractivity (Wildman–Crippen MR) is 81.5 cm³/mol. The summed E-state index contributed by atoms with van der Waals surface area (Å²) < 4.78 is 5.09. The van der Waals surface area contributed by atoms with Gasteiger partial charge in [-0.25, -0.2) is 0 Å². The van der Waals surface area contributed by atoms with E-state index >= 15 is 0 Å². The second kappa shape index (κ2) is 6.58. The zero-order valence-electron chi connectivity index (χ0n) is 12.0. The molecule has 0 bridgehead atoms. The van der Waals surface area contributed by atoms with Gasteiger partial charge in [-0.1, -0.05) is 23.8 Å². The molecule has 0 aliphatic rings. The maximum absolute atomic E-state index is 11.0. The SMILES string of the molecule is CC(=O)Oc1cccc(N(CC#N)c2ccc(C)cc2)c1. The van der Waals surface area contributed by atoms with E-state index in [2.05, 4.69) is 6.07 Å². The van der Waals surface area contributed by atoms with Gasteiger partial charge >= 0.3 is 5.97 Å². The molecule has 0 aliphatic heterocycles. The number of hydrogen-bond donors (Lipinski definition) is 0. The molecule has 2 rings (SSSR count). The van der Waals surface area contributed by atoms with Crippen LogP contribution in [-0.4, -0.2) is 12.5 Å². The number of ether oxygens (including phenoxy) is 1. The molecule has 4 heteroatoms. The first-order valence-electron chi connectivity index (χ1n) is 6.60. The van der Waals surface area contributed by atoms with E-state index in [1.165, 1.54) is 6.92 Å². The summed E-state index contributed by atoms with van der Waals surface area (Å²) >= 11 is 0. The van der Waals surface area contributed by atoms with Crippen molar-refractivity contribution in [3.63, 3.8) is 0 Å². The number of benzene rings is 2. The van der Waals surface area contributed by atoms with Gasteiger partial charge in [0, 0.05) is 24.4 Å². The minimum Gasteiger partial charge on any atom is -0.427 e. The van der Waals surface area contributed by atoms with E-state index in [-0.39, 0.29) is 12.5 Å². The van der Waals surface area contributed by atoms with Crippen LogP contribution in [0.5, 0.6) is 5.75 Å². The fraction of sp³-hybridized carbons (Fsp3) is 0.176. The van der Waals surface area contributed by atoms with E-state index in [1.807, 2.05) is 42.2 Å². The van der Waals surface area contributed by atoms with Crippen molar-refractivity contribution in [3.8, 4) is 11.8 Å². The fourth-order valence-corrected chi connectivity index (χ4v) is 2.01. The molecule has 21 heavy (non-hydrogen) atoms. The van der Waals surface area contributed by atoms with Gasteiger partial charge in [0.15, 0.2) is 0 Å². The molecule has 0 radical (unpaired) electrons. The van der Waals surface area contributed by atoms with E-state index in [9.17, 15) is 4.79 Å². The molecule has 0 fully saturated rings. The lowest BCUT2D eigenvalue weighted by atomic mass is 10.2. The minimum atomic E-state index is -0.366. The Balaban J connectivity index is 2.36. The largest absolute Gasteiger partial charge is 0.427 e. The van der Waals surface area contributed by atoms with Crippen LogP contribution < -0.4 is 9.64 Å². The first-order chi connectivity index (χ1) is 10.1. The molecule has 0 aromatic heterocycles. The Kier molecular flexibility index (Phi) is 4.57. The molecule has 106 valence electrons. The minimum absolute atomic E-state index is 0.215. The van der Waals surface area contributed by atoms with Crippen LogP contribution in [0.4, 0.5) is 11.4 Å². The van der Waals surface area contributed by atoms with Crippen molar-refractivity contribution in [2.75, 3.05) is 11.4 Å². The zero-order valence-corrected chi connectivity index (χ0v) is 12.0. The molecule has 0 amide bonds. The van der Waals surface area contributed by atoms with E-state index in [1.54, 1.807) is 18.2 Å². The molecular formula is C17H16N2O2. The summed E-state index contributed by atoms with van der Waals surface area (Å²) in [7, 11) is 0. The molecule has 0 saturated heterocycles. The predicted octanol–water partition coefficient (Wildman–Crippen LogP) is 3.58. The van der Waals surface area contributed by atoms with Gasteiger partial charge in [-0.15, -0.1) is 0 Å². The van der Waals surface area contributed by atoms with Crippen LogP contribution in [0.25, 0.3) is 0 Å². The third kappa shape index (κ3) is 3.83. The molecule has 0 atom stereocenters. The molecule has 0 saturated carbocycles. The standard InChI is InChI=1S/C17H16N2O2/c1-13-6-8-15(9-7-13)19(11-10-18)16-4-3-5-17(12-16)21-14(2)20/h3-9,12H,11H2,1-2H3. The Bertz CT molecular complexity index is 672. The number of esters is 1. The van der Waals surface area contributed by atoms with Gasteiger partial charge in [-0.3, -0.25) is 4.79 Å². The zero-order chi connectivity index (χ0) is 15.2. The lowest BCUT2D eigenvalue weighted by Crippen LogP contribution is -2.17. The Hall–Kier alpha value is -2.80. The number of nitriles is 1. The van der Waals surface area contributed by atoms with E-state index in [0.717, 1.165) is 16.9 Å². The normalized spacial score (nSPS) is 9.76. The summed E-state index contributed by atoms with van der Waals surface area (Å²) in [6.07, 6.45) is 0. The van der Waals surface area contributed by atoms with Crippen molar-refractivity contribution in [3.05, 3.63) is 54.1 Å². The lowest BCUT2D eigenvalue weighted by molar-refractivity contribution is -0.131. The Morgan fingerprint density at radius 3 is 2.52 bits per heavy atom. The van der Waals surface area contributed by atoms with Crippen LogP contribution in [0.3, 0.4) is 0 Å². The number of anilines is 2. The van der Waals surface area contributed by atoms with Gasteiger partial charge in [0.1, 0.15) is 12.3 Å². The van der Waals surface area contributed by atoms with Crippen molar-refractivity contribution in [2.45, 2.75) is 13.8 Å². The number of hydrogen-bond acceptors (Lipinski definition) is 4. The maximum atomic E-state index is 11.0. The van der Waals surface area contributed by atoms with Gasteiger partial charge in [0.2, 0.25) is 0 Å². The molecular weight excluding hydrogens is 264 g/mol. The summed E-state index contributed by atoms with van der Waals surface area (Å²) in [4.78, 5) is 12.9. The topological polar surface area (TPSA) is 53.3 Å². The quantitative estimate of drug-likeness (QED) is 0.488. The van der Waals surface area contributed by atoms with E-state index in [0.29, 0.717) is 5.75 Å². The summed E-state index contributed by atoms with van der Waals surface area (Å²) in [5, 5.41) is 9.05. The highest BCUT2D eigenvalue weighted by Crippen LogP contribution is 2.28. The molecule has 2 aromatic carbocycles. The maximum Gasteiger partial charge on any atom is 0.308 e. The van der Waals surface area contributed by atoms with Crippen molar-refractivity contribution >= 4 is 17.3 Å². The van der Waals surface area contributed by atoms with Crippen LogP contribution in [0.15, 0.2) is 48.5 Å². The summed E-state index contributed by atoms with van der Waals surface area (Å²) in [5.74, 6) is 0.101. The highest BCUT2D eigenvalue weighted by molar-refractivity contribution is 5.71. The monoisotopic (exact) mass is 280 g/mol. The van der Waals surface area contributed by atoms with Gasteiger partial charge in [-0.2, -0.15) is 5.26 Å². The smallest absolute Gasteiger partial charge is 0.308 e. The van der Waals surface area contributed by atoms with Crippen LogP contribution in [0.1, 0.15) is 12.5 Å². The second-order valence-corrected chi connectivity index (χ2v) is 4.67. The Morgan fingerprint density at radius 1 is 1.19 bits per heavy atom. The molecule has 0 aliphatic carbocycles. The third-order valence-corrected chi connectivity index (χ3v) is 2.97. The van der Waals surface area contributed by atoms with Crippen molar-refractivity contribution < 1.29 is 9.53 Å². The molecule has 0 spiro atoms. The van der Waals surface area contributed by atoms with Crippen molar-refractivity contribution in [2.24, 2.45) is 0 Å². The van der Waals surface area contributed by atoms with Gasteiger partial charge in [0.05, 0.1) is 6.07 Å². The van der Waals surface area contributed by atoms with Gasteiger partial charge < -0.3 is 9.64 Å². The number of rotatable bonds is 4. The van der Waals surface area contributed by atoms with Crippen LogP contribution in [-0.2, 0) is 4.79 Å². The molecule has 0 unspecified atom stereocenters. The molecule has 2 aromatic rings. The van der Waals surface area contributed by atoms with Gasteiger partial charge in [0.25, 0.3) is 0 Å². The lowest BCUT2D eigenvalue weighted by Gasteiger charge is -2.22. The highest BCUT2D eigenvalue weighted by atomic mass is 16.5. The van der Waals surface area contributed by atoms with Crippen molar-refractivity contribution in [1.82, 2.24) is 0 Å². The highest BCUT2D eigenvalue weighted by Gasteiger charge is 2.10. The molecule has 4 nitrogen and oxygen atoms in total. The molecule has 0 heterocycles. The molecule has 0 N–H and O–H groups in total. The average molecular weight is 280 g/mol. The van der Waals surface area contributed by atoms with Crippen LogP contribution in [0.2, 0.25) is 0 Å². The van der Waals surface area contributed by atoms with Crippen LogP contribution >= 0.6 is 0 Å². The number of carbonyl (C=O) groups is 1. The number of aryl methyl sites for hydroxylation is 1. The third-order valence-electron chi connectivity index (χ3n) is 2.97. The van der Waals surface area contributed by atoms with E-state index in [4.69, 9.17) is 10.00 Å². The Morgan fingerprint density at radius 2 is 1.90 bits per heavy atom. The van der Waals surface area contributed by atoms with Crippen LogP contribution in [0, 0.1) is 18.3 Å². The average Bonchev–Trinajstić information content (AvgIpc) is 2.45. The number of nitrogens with zero attached hydrogens (tertiary/aromatic N) is 2. The fourth-order valence-electron chi connectivity index (χ4n) is 2.01. The number of carbonyl (C=O) groups excluding carboxylic acids is 1. The second-order valence-electron chi connectivity index (χ2n) is 4.67. The summed E-state index contributed by atoms with van der Waals surface area (Å²) in [5.41, 5.74) is 2.88. The van der Waals surface area contributed by atoms with E-state index < -0.39 is 0 Å². The van der Waals surface area contributed by atoms with Gasteiger partial charge in [-0.05, 0) is 31.2 Å². The Labute approximate surface area is 124 Å². The van der Waals surface area contributed by atoms with Crippen molar-refractivity contribution in [1.29, 1.82) is 5.26 Å². The summed E-state index contributed by atoms with van der Waals surface area (Å²) in [6.45, 7) is 3.59.